The molecule has 0 aliphatic carbocycles. The third-order valence-corrected chi connectivity index (χ3v) is 3.47. The Labute approximate surface area is 119 Å². The summed E-state index contributed by atoms with van der Waals surface area (Å²) >= 11 is 6.01. The first-order chi connectivity index (χ1) is 9.10. The summed E-state index contributed by atoms with van der Waals surface area (Å²) in [4.78, 5) is 0. The van der Waals surface area contributed by atoms with Crippen molar-refractivity contribution in [3.05, 3.63) is 58.1 Å². The summed E-state index contributed by atoms with van der Waals surface area (Å²) in [5.41, 5.74) is 8.89. The molecule has 0 atom stereocenters. The molecule has 100 valence electrons. The quantitative estimate of drug-likeness (QED) is 0.905. The first-order valence-corrected chi connectivity index (χ1v) is 6.71. The van der Waals surface area contributed by atoms with Crippen LogP contribution < -0.4 is 10.5 Å². The van der Waals surface area contributed by atoms with Crippen LogP contribution in [-0.4, -0.2) is 6.54 Å². The second-order valence-electron chi connectivity index (χ2n) is 4.65. The molecule has 2 N–H and O–H groups in total. The van der Waals surface area contributed by atoms with Gasteiger partial charge in [0, 0.05) is 5.02 Å². The van der Waals surface area contributed by atoms with Crippen molar-refractivity contribution in [1.82, 2.24) is 0 Å². The lowest BCUT2D eigenvalue weighted by Crippen LogP contribution is -2.02. The van der Waals surface area contributed by atoms with Gasteiger partial charge < -0.3 is 10.5 Å². The van der Waals surface area contributed by atoms with E-state index in [1.807, 2.05) is 38.1 Å². The average Bonchev–Trinajstić information content (AvgIpc) is 2.38. The molecule has 0 aliphatic heterocycles. The fourth-order valence-electron chi connectivity index (χ4n) is 1.88. The van der Waals surface area contributed by atoms with E-state index in [4.69, 9.17) is 22.1 Å². The van der Waals surface area contributed by atoms with Crippen molar-refractivity contribution in [3.63, 3.8) is 0 Å². The number of hydrogen-bond donors (Lipinski definition) is 1. The number of hydrogen-bond acceptors (Lipinski definition) is 2. The smallest absolute Gasteiger partial charge is 0.130 e. The van der Waals surface area contributed by atoms with Gasteiger partial charge in [-0.1, -0.05) is 23.7 Å². The van der Waals surface area contributed by atoms with Gasteiger partial charge in [0.1, 0.15) is 11.5 Å². The molecule has 0 saturated heterocycles. The third kappa shape index (κ3) is 3.49. The standard InChI is InChI=1S/C16H18ClNO/c1-11-3-4-13(7-8-18)10-16(11)19-14-5-6-15(17)12(2)9-14/h3-6,9-10H,7-8,18H2,1-2H3. The Morgan fingerprint density at radius 1 is 1.05 bits per heavy atom. The Morgan fingerprint density at radius 2 is 1.84 bits per heavy atom. The molecule has 2 rings (SSSR count). The number of halogens is 1. The van der Waals surface area contributed by atoms with E-state index in [0.29, 0.717) is 6.54 Å². The number of nitrogens with two attached hydrogens (primary N) is 1. The van der Waals surface area contributed by atoms with Crippen molar-refractivity contribution >= 4 is 11.6 Å². The van der Waals surface area contributed by atoms with Crippen molar-refractivity contribution in [3.8, 4) is 11.5 Å². The van der Waals surface area contributed by atoms with Gasteiger partial charge in [-0.25, -0.2) is 0 Å². The van der Waals surface area contributed by atoms with Crippen LogP contribution in [0.2, 0.25) is 5.02 Å². The summed E-state index contributed by atoms with van der Waals surface area (Å²) in [6.07, 6.45) is 0.857. The predicted molar refractivity (Wildman–Crippen MR) is 80.2 cm³/mol. The second kappa shape index (κ2) is 6.09. The van der Waals surface area contributed by atoms with Crippen LogP contribution in [0.15, 0.2) is 36.4 Å². The van der Waals surface area contributed by atoms with Crippen molar-refractivity contribution in [2.24, 2.45) is 5.73 Å². The molecule has 0 heterocycles. The molecule has 2 aromatic carbocycles. The zero-order chi connectivity index (χ0) is 13.8. The Morgan fingerprint density at radius 3 is 2.53 bits per heavy atom. The van der Waals surface area contributed by atoms with Gasteiger partial charge in [-0.2, -0.15) is 0 Å². The van der Waals surface area contributed by atoms with Gasteiger partial charge in [0.2, 0.25) is 0 Å². The molecule has 2 aromatic rings. The highest BCUT2D eigenvalue weighted by Crippen LogP contribution is 2.28. The summed E-state index contributed by atoms with van der Waals surface area (Å²) < 4.78 is 5.93. The van der Waals surface area contributed by atoms with Crippen molar-refractivity contribution in [2.45, 2.75) is 20.3 Å². The van der Waals surface area contributed by atoms with Gasteiger partial charge in [-0.3, -0.25) is 0 Å². The molecule has 2 nitrogen and oxygen atoms in total. The molecule has 0 unspecified atom stereocenters. The van der Waals surface area contributed by atoms with E-state index in [-0.39, 0.29) is 0 Å². The van der Waals surface area contributed by atoms with Crippen LogP contribution in [0.5, 0.6) is 11.5 Å². The average molecular weight is 276 g/mol. The minimum Gasteiger partial charge on any atom is -0.457 e. The van der Waals surface area contributed by atoms with Gasteiger partial charge in [0.05, 0.1) is 0 Å². The van der Waals surface area contributed by atoms with E-state index in [2.05, 4.69) is 12.1 Å². The number of aryl methyl sites for hydroxylation is 2. The Kier molecular flexibility index (Phi) is 4.46. The van der Waals surface area contributed by atoms with Gasteiger partial charge in [-0.05, 0) is 67.8 Å². The van der Waals surface area contributed by atoms with Crippen molar-refractivity contribution in [1.29, 1.82) is 0 Å². The highest BCUT2D eigenvalue weighted by molar-refractivity contribution is 6.31. The minimum absolute atomic E-state index is 0.641. The minimum atomic E-state index is 0.641. The van der Waals surface area contributed by atoms with Crippen molar-refractivity contribution < 1.29 is 4.74 Å². The van der Waals surface area contributed by atoms with E-state index in [1.54, 1.807) is 0 Å². The Balaban J connectivity index is 2.26. The van der Waals surface area contributed by atoms with Crippen LogP contribution in [-0.2, 0) is 6.42 Å². The lowest BCUT2D eigenvalue weighted by molar-refractivity contribution is 0.478. The number of rotatable bonds is 4. The first-order valence-electron chi connectivity index (χ1n) is 6.34. The highest BCUT2D eigenvalue weighted by Gasteiger charge is 2.05. The molecule has 19 heavy (non-hydrogen) atoms. The molecule has 0 aliphatic rings. The molecule has 3 heteroatoms. The normalized spacial score (nSPS) is 10.5. The van der Waals surface area contributed by atoms with Gasteiger partial charge in [0.15, 0.2) is 0 Å². The van der Waals surface area contributed by atoms with Crippen LogP contribution in [0, 0.1) is 13.8 Å². The summed E-state index contributed by atoms with van der Waals surface area (Å²) in [6.45, 7) is 4.64. The third-order valence-electron chi connectivity index (χ3n) is 3.04. The van der Waals surface area contributed by atoms with Crippen LogP contribution in [0.4, 0.5) is 0 Å². The predicted octanol–water partition coefficient (Wildman–Crippen LogP) is 4.25. The molecule has 0 saturated carbocycles. The highest BCUT2D eigenvalue weighted by atomic mass is 35.5. The molecular formula is C16H18ClNO. The Hall–Kier alpha value is -1.51. The molecule has 0 radical (unpaired) electrons. The maximum absolute atomic E-state index is 6.01. The molecule has 0 aromatic heterocycles. The molecular weight excluding hydrogens is 258 g/mol. The van der Waals surface area contributed by atoms with Crippen LogP contribution in [0.25, 0.3) is 0 Å². The summed E-state index contributed by atoms with van der Waals surface area (Å²) in [5, 5.41) is 0.751. The SMILES string of the molecule is Cc1cc(Oc2cc(CCN)ccc2C)ccc1Cl. The molecule has 0 spiro atoms. The number of benzene rings is 2. The summed E-state index contributed by atoms with van der Waals surface area (Å²) in [6, 6.07) is 11.9. The zero-order valence-corrected chi connectivity index (χ0v) is 12.0. The molecule has 0 amide bonds. The second-order valence-corrected chi connectivity index (χ2v) is 5.06. The van der Waals surface area contributed by atoms with Crippen LogP contribution in [0.3, 0.4) is 0 Å². The van der Waals surface area contributed by atoms with E-state index in [1.165, 1.54) is 5.56 Å². The summed E-state index contributed by atoms with van der Waals surface area (Å²) in [5.74, 6) is 1.67. The Bertz CT molecular complexity index is 581. The van der Waals surface area contributed by atoms with Gasteiger partial charge >= 0.3 is 0 Å². The molecule has 0 bridgehead atoms. The number of ether oxygens (including phenoxy) is 1. The zero-order valence-electron chi connectivity index (χ0n) is 11.2. The maximum atomic E-state index is 6.01. The lowest BCUT2D eigenvalue weighted by Gasteiger charge is -2.11. The fourth-order valence-corrected chi connectivity index (χ4v) is 2.00. The molecule has 0 fully saturated rings. The first kappa shape index (κ1) is 13.9. The van der Waals surface area contributed by atoms with E-state index >= 15 is 0 Å². The maximum Gasteiger partial charge on any atom is 0.130 e. The fraction of sp³-hybridized carbons (Fsp3) is 0.250. The monoisotopic (exact) mass is 275 g/mol. The van der Waals surface area contributed by atoms with Crippen LogP contribution in [0.1, 0.15) is 16.7 Å². The van der Waals surface area contributed by atoms with E-state index < -0.39 is 0 Å². The largest absolute Gasteiger partial charge is 0.457 e. The topological polar surface area (TPSA) is 35.2 Å². The summed E-state index contributed by atoms with van der Waals surface area (Å²) in [7, 11) is 0. The van der Waals surface area contributed by atoms with Gasteiger partial charge in [0.25, 0.3) is 0 Å². The van der Waals surface area contributed by atoms with E-state index in [0.717, 1.165) is 34.1 Å². The van der Waals surface area contributed by atoms with Crippen molar-refractivity contribution in [2.75, 3.05) is 6.54 Å². The lowest BCUT2D eigenvalue weighted by atomic mass is 10.1. The van der Waals surface area contributed by atoms with Crippen LogP contribution >= 0.6 is 11.6 Å². The van der Waals surface area contributed by atoms with E-state index in [9.17, 15) is 0 Å². The van der Waals surface area contributed by atoms with Gasteiger partial charge in [-0.15, -0.1) is 0 Å².